The van der Waals surface area contributed by atoms with E-state index in [0.717, 1.165) is 29.1 Å². The van der Waals surface area contributed by atoms with E-state index in [-0.39, 0.29) is 5.41 Å². The lowest BCUT2D eigenvalue weighted by atomic mass is 9.76. The molecule has 168 valence electrons. The first-order valence-electron chi connectivity index (χ1n) is 11.7. The highest BCUT2D eigenvalue weighted by Crippen LogP contribution is 2.39. The van der Waals surface area contributed by atoms with Gasteiger partial charge in [0.1, 0.15) is 5.75 Å². The molecule has 0 heterocycles. The quantitative estimate of drug-likeness (QED) is 0.324. The van der Waals surface area contributed by atoms with Gasteiger partial charge >= 0.3 is 0 Å². The molecule has 1 aliphatic carbocycles. The van der Waals surface area contributed by atoms with E-state index in [1.807, 2.05) is 12.1 Å². The number of hydrogen-bond donors (Lipinski definition) is 1. The molecule has 0 aromatic heterocycles. The van der Waals surface area contributed by atoms with Crippen LogP contribution in [0.25, 0.3) is 22.3 Å². The highest BCUT2D eigenvalue weighted by atomic mass is 16.5. The summed E-state index contributed by atoms with van der Waals surface area (Å²) in [7, 11) is 1.73. The summed E-state index contributed by atoms with van der Waals surface area (Å²) in [5.74, 6) is 0.898. The molecular weight excluding hydrogens is 414 g/mol. The molecule has 0 bridgehead atoms. The molecule has 2 nitrogen and oxygen atoms in total. The highest BCUT2D eigenvalue weighted by molar-refractivity contribution is 5.72. The molecule has 0 saturated heterocycles. The molecule has 34 heavy (non-hydrogen) atoms. The van der Waals surface area contributed by atoms with Crippen LogP contribution in [0.4, 0.5) is 5.69 Å². The zero-order chi connectivity index (χ0) is 23.4. The van der Waals surface area contributed by atoms with E-state index < -0.39 is 0 Å². The molecule has 4 aromatic carbocycles. The second-order valence-electron chi connectivity index (χ2n) is 8.96. The molecular formula is C32H29NO. The van der Waals surface area contributed by atoms with Crippen LogP contribution in [0.3, 0.4) is 0 Å². The van der Waals surface area contributed by atoms with E-state index in [0.29, 0.717) is 0 Å². The van der Waals surface area contributed by atoms with Gasteiger partial charge in [-0.3, -0.25) is 0 Å². The lowest BCUT2D eigenvalue weighted by molar-refractivity contribution is 0.416. The summed E-state index contributed by atoms with van der Waals surface area (Å²) < 4.78 is 5.66. The average molecular weight is 444 g/mol. The van der Waals surface area contributed by atoms with Crippen molar-refractivity contribution in [1.82, 2.24) is 0 Å². The number of benzene rings is 4. The normalized spacial score (nSPS) is 17.2. The molecule has 0 spiro atoms. The maximum Gasteiger partial charge on any atom is 0.126 e. The van der Waals surface area contributed by atoms with E-state index >= 15 is 0 Å². The Bertz CT molecular complexity index is 1320. The highest BCUT2D eigenvalue weighted by Gasteiger charge is 2.26. The zero-order valence-electron chi connectivity index (χ0n) is 19.7. The van der Waals surface area contributed by atoms with Gasteiger partial charge < -0.3 is 10.1 Å². The summed E-state index contributed by atoms with van der Waals surface area (Å²) in [5.41, 5.74) is 8.18. The monoisotopic (exact) mass is 443 g/mol. The van der Waals surface area contributed by atoms with Crippen molar-refractivity contribution in [3.8, 4) is 28.0 Å². The first-order chi connectivity index (χ1) is 16.6. The molecule has 1 atom stereocenters. The predicted molar refractivity (Wildman–Crippen MR) is 143 cm³/mol. The van der Waals surface area contributed by atoms with Crippen LogP contribution in [0.2, 0.25) is 0 Å². The number of rotatable bonds is 6. The fourth-order valence-corrected chi connectivity index (χ4v) is 4.49. The summed E-state index contributed by atoms with van der Waals surface area (Å²) in [6, 6.07) is 36.0. The van der Waals surface area contributed by atoms with Gasteiger partial charge in [0.25, 0.3) is 0 Å². The molecule has 0 fully saturated rings. The number of allylic oxidation sites excluding steroid dienone is 3. The van der Waals surface area contributed by atoms with Crippen molar-refractivity contribution < 1.29 is 4.74 Å². The van der Waals surface area contributed by atoms with Crippen LogP contribution in [-0.2, 0) is 5.41 Å². The topological polar surface area (TPSA) is 21.3 Å². The average Bonchev–Trinajstić information content (AvgIpc) is 2.91. The lowest BCUT2D eigenvalue weighted by Gasteiger charge is -2.30. The minimum atomic E-state index is -0.0713. The molecule has 4 aromatic rings. The molecule has 0 saturated carbocycles. The predicted octanol–water partition coefficient (Wildman–Crippen LogP) is 8.24. The first kappa shape index (κ1) is 21.8. The number of nitrogens with one attached hydrogen (secondary N) is 1. The van der Waals surface area contributed by atoms with Gasteiger partial charge in [-0.25, -0.2) is 0 Å². The zero-order valence-corrected chi connectivity index (χ0v) is 19.7. The van der Waals surface area contributed by atoms with E-state index in [1.54, 1.807) is 7.11 Å². The summed E-state index contributed by atoms with van der Waals surface area (Å²) >= 11 is 0. The van der Waals surface area contributed by atoms with Crippen LogP contribution in [0.5, 0.6) is 5.75 Å². The fourth-order valence-electron chi connectivity index (χ4n) is 4.49. The largest absolute Gasteiger partial charge is 0.496 e. The lowest BCUT2D eigenvalue weighted by Crippen LogP contribution is -2.21. The van der Waals surface area contributed by atoms with Crippen LogP contribution >= 0.6 is 0 Å². The number of hydrogen-bond acceptors (Lipinski definition) is 2. The second-order valence-corrected chi connectivity index (χ2v) is 8.96. The number of methoxy groups -OCH3 is 1. The molecule has 5 rings (SSSR count). The summed E-state index contributed by atoms with van der Waals surface area (Å²) in [4.78, 5) is 0. The Morgan fingerprint density at radius 1 is 0.735 bits per heavy atom. The van der Waals surface area contributed by atoms with Crippen LogP contribution < -0.4 is 10.1 Å². The minimum Gasteiger partial charge on any atom is -0.496 e. The van der Waals surface area contributed by atoms with Gasteiger partial charge in [0.2, 0.25) is 0 Å². The van der Waals surface area contributed by atoms with Crippen molar-refractivity contribution in [1.29, 1.82) is 0 Å². The Kier molecular flexibility index (Phi) is 6.05. The minimum absolute atomic E-state index is 0.0713. The van der Waals surface area contributed by atoms with Crippen LogP contribution in [0.1, 0.15) is 18.9 Å². The van der Waals surface area contributed by atoms with Crippen molar-refractivity contribution in [2.45, 2.75) is 18.8 Å². The maximum absolute atomic E-state index is 5.66. The van der Waals surface area contributed by atoms with Crippen molar-refractivity contribution in [3.05, 3.63) is 133 Å². The van der Waals surface area contributed by atoms with Gasteiger partial charge in [-0.1, -0.05) is 97.9 Å². The SMILES string of the molecule is COc1ccc(C2(C)C=CC(Nc3ccc(-c4ccccc4)cc3)=CC2)cc1-c1ccccc1. The van der Waals surface area contributed by atoms with E-state index in [2.05, 4.69) is 121 Å². The second kappa shape index (κ2) is 9.44. The number of anilines is 1. The molecule has 1 aliphatic rings. The van der Waals surface area contributed by atoms with Crippen molar-refractivity contribution in [3.63, 3.8) is 0 Å². The number of ether oxygens (including phenoxy) is 1. The molecule has 2 heteroatoms. The Morgan fingerprint density at radius 3 is 2.00 bits per heavy atom. The van der Waals surface area contributed by atoms with Crippen LogP contribution in [0, 0.1) is 0 Å². The third-order valence-corrected chi connectivity index (χ3v) is 6.60. The van der Waals surface area contributed by atoms with Gasteiger partial charge in [-0.2, -0.15) is 0 Å². The third-order valence-electron chi connectivity index (χ3n) is 6.60. The summed E-state index contributed by atoms with van der Waals surface area (Å²) in [6.07, 6.45) is 7.72. The molecule has 0 aliphatic heterocycles. The Balaban J connectivity index is 1.32. The van der Waals surface area contributed by atoms with Gasteiger partial charge in [-0.05, 0) is 59.0 Å². The molecule has 1 unspecified atom stereocenters. The van der Waals surface area contributed by atoms with Gasteiger partial charge in [0, 0.05) is 22.4 Å². The van der Waals surface area contributed by atoms with E-state index in [1.165, 1.54) is 22.3 Å². The third kappa shape index (κ3) is 4.53. The standard InChI is InChI=1S/C32H29NO/c1-32(27-15-18-31(34-2)30(23-27)26-11-7-4-8-12-26)21-19-29(20-22-32)33-28-16-13-25(14-17-28)24-9-5-3-6-10-24/h3-21,23,33H,22H2,1-2H3. The van der Waals surface area contributed by atoms with Crippen LogP contribution in [-0.4, -0.2) is 7.11 Å². The Labute approximate surface area is 202 Å². The first-order valence-corrected chi connectivity index (χ1v) is 11.7. The van der Waals surface area contributed by atoms with E-state index in [9.17, 15) is 0 Å². The van der Waals surface area contributed by atoms with Gasteiger partial charge in [-0.15, -0.1) is 0 Å². The van der Waals surface area contributed by atoms with Crippen molar-refractivity contribution in [2.24, 2.45) is 0 Å². The van der Waals surface area contributed by atoms with Crippen molar-refractivity contribution >= 4 is 5.69 Å². The molecule has 0 amide bonds. The Hall–Kier alpha value is -4.04. The fraction of sp³-hybridized carbons (Fsp3) is 0.125. The molecule has 0 radical (unpaired) electrons. The smallest absolute Gasteiger partial charge is 0.126 e. The summed E-state index contributed by atoms with van der Waals surface area (Å²) in [6.45, 7) is 2.29. The summed E-state index contributed by atoms with van der Waals surface area (Å²) in [5, 5.41) is 3.56. The molecule has 1 N–H and O–H groups in total. The van der Waals surface area contributed by atoms with Crippen molar-refractivity contribution in [2.75, 3.05) is 12.4 Å². The Morgan fingerprint density at radius 2 is 1.38 bits per heavy atom. The maximum atomic E-state index is 5.66. The van der Waals surface area contributed by atoms with Gasteiger partial charge in [0.15, 0.2) is 0 Å². The van der Waals surface area contributed by atoms with Gasteiger partial charge in [0.05, 0.1) is 7.11 Å². The van der Waals surface area contributed by atoms with E-state index in [4.69, 9.17) is 4.74 Å². The van der Waals surface area contributed by atoms with Crippen LogP contribution in [0.15, 0.2) is 127 Å².